The van der Waals surface area contributed by atoms with Gasteiger partial charge in [0.05, 0.1) is 17.0 Å². The molecule has 3 aromatic rings. The van der Waals surface area contributed by atoms with Crippen molar-refractivity contribution < 1.29 is 23.1 Å². The third kappa shape index (κ3) is 4.75. The Labute approximate surface area is 191 Å². The molecule has 0 spiro atoms. The first kappa shape index (κ1) is 23.3. The number of nitrogens with two attached hydrogens (primary N) is 1. The summed E-state index contributed by atoms with van der Waals surface area (Å²) in [7, 11) is 0. The van der Waals surface area contributed by atoms with E-state index < -0.39 is 29.4 Å². The van der Waals surface area contributed by atoms with Crippen LogP contribution < -0.4 is 16.6 Å². The van der Waals surface area contributed by atoms with Gasteiger partial charge < -0.3 is 21.1 Å². The zero-order valence-corrected chi connectivity index (χ0v) is 18.2. The van der Waals surface area contributed by atoms with Gasteiger partial charge in [0, 0.05) is 42.0 Å². The number of fused-ring (bicyclic) bond motifs is 1. The van der Waals surface area contributed by atoms with Crippen molar-refractivity contribution in [2.75, 3.05) is 24.1 Å². The van der Waals surface area contributed by atoms with Crippen molar-refractivity contribution in [2.45, 2.75) is 37.9 Å². The third-order valence-electron chi connectivity index (χ3n) is 5.96. The molecule has 2 atom stereocenters. The van der Waals surface area contributed by atoms with Crippen LogP contribution in [0.2, 0.25) is 0 Å². The van der Waals surface area contributed by atoms with Crippen LogP contribution in [0, 0.1) is 0 Å². The fourth-order valence-corrected chi connectivity index (χ4v) is 4.18. The Morgan fingerprint density at radius 1 is 1.29 bits per heavy atom. The number of alkyl halides is 3. The lowest BCUT2D eigenvalue weighted by atomic mass is 9.93. The quantitative estimate of drug-likeness (QED) is 0.419. The number of hydrogen-bond acceptors (Lipinski definition) is 6. The molecule has 1 amide bonds. The topological polar surface area (TPSA) is 137 Å². The zero-order valence-electron chi connectivity index (χ0n) is 18.2. The highest BCUT2D eigenvalue weighted by Crippen LogP contribution is 2.34. The van der Waals surface area contributed by atoms with E-state index in [0.29, 0.717) is 29.6 Å². The Hall–Kier alpha value is -3.83. The molecule has 1 aliphatic rings. The number of pyridine rings is 1. The molecule has 0 bridgehead atoms. The van der Waals surface area contributed by atoms with Crippen molar-refractivity contribution in [2.24, 2.45) is 0 Å². The largest absolute Gasteiger partial charge is 0.465 e. The molecular formula is C22H23F3N6O3. The van der Waals surface area contributed by atoms with Gasteiger partial charge >= 0.3 is 12.3 Å². The number of nitrogens with one attached hydrogen (secondary N) is 2. The van der Waals surface area contributed by atoms with Gasteiger partial charge in [0.15, 0.2) is 5.82 Å². The molecule has 1 aliphatic heterocycles. The minimum absolute atomic E-state index is 0.0236. The molecule has 0 saturated carbocycles. The first-order valence-electron chi connectivity index (χ1n) is 10.6. The summed E-state index contributed by atoms with van der Waals surface area (Å²) < 4.78 is 39.6. The summed E-state index contributed by atoms with van der Waals surface area (Å²) in [6.07, 6.45) is -2.72. The summed E-state index contributed by atoms with van der Waals surface area (Å²) in [5, 5.41) is 19.5. The molecule has 4 rings (SSSR count). The molecule has 1 saturated heterocycles. The fourth-order valence-electron chi connectivity index (χ4n) is 4.18. The maximum Gasteiger partial charge on any atom is 0.416 e. The van der Waals surface area contributed by atoms with E-state index in [0.717, 1.165) is 18.6 Å². The molecule has 0 radical (unpaired) electrons. The van der Waals surface area contributed by atoms with Gasteiger partial charge in [-0.05, 0) is 49.6 Å². The van der Waals surface area contributed by atoms with Crippen LogP contribution in [0.25, 0.3) is 10.8 Å². The highest BCUT2D eigenvalue weighted by atomic mass is 19.4. The van der Waals surface area contributed by atoms with Crippen LogP contribution >= 0.6 is 0 Å². The number of H-pyrrole nitrogens is 1. The maximum atomic E-state index is 13.2. The minimum Gasteiger partial charge on any atom is -0.465 e. The number of likely N-dealkylation sites (tertiary alicyclic amines) is 1. The highest BCUT2D eigenvalue weighted by Gasteiger charge is 2.31. The lowest BCUT2D eigenvalue weighted by molar-refractivity contribution is -0.137. The molecule has 9 nitrogen and oxygen atoms in total. The number of carbonyl (C=O) groups is 1. The van der Waals surface area contributed by atoms with Gasteiger partial charge in [0.1, 0.15) is 0 Å². The van der Waals surface area contributed by atoms with Gasteiger partial charge in [0.25, 0.3) is 5.56 Å². The van der Waals surface area contributed by atoms with Gasteiger partial charge in [-0.1, -0.05) is 0 Å². The van der Waals surface area contributed by atoms with Crippen LogP contribution in [0.1, 0.15) is 48.5 Å². The lowest BCUT2D eigenvalue weighted by Crippen LogP contribution is -2.38. The van der Waals surface area contributed by atoms with E-state index in [-0.39, 0.29) is 29.4 Å². The number of nitrogen functional groups attached to an aromatic ring is 1. The average molecular weight is 476 g/mol. The molecule has 0 aliphatic carbocycles. The van der Waals surface area contributed by atoms with Gasteiger partial charge in [-0.25, -0.2) is 9.89 Å². The smallest absolute Gasteiger partial charge is 0.416 e. The summed E-state index contributed by atoms with van der Waals surface area (Å²) in [4.78, 5) is 29.4. The zero-order chi connectivity index (χ0) is 24.6. The summed E-state index contributed by atoms with van der Waals surface area (Å²) in [5.74, 6) is 0.106. The number of anilines is 2. The van der Waals surface area contributed by atoms with Gasteiger partial charge in [-0.3, -0.25) is 9.78 Å². The number of nitrogens with zero attached hydrogens (tertiary/aromatic N) is 3. The normalized spacial score (nSPS) is 17.5. The standard InChI is InChI=1S/C22H23F3N6O3/c1-11(13-5-14(22(23,24)25)7-15(26)6-13)28-19-16-8-18(27-9-17(16)20(32)30-29-19)12-3-2-4-31(10-12)21(33)34/h5-9,11-12H,2-4,10,26H2,1H3,(H,28,29)(H,30,32)(H,33,34)/t11-,12-/m1/s1. The van der Waals surface area contributed by atoms with Crippen molar-refractivity contribution in [1.82, 2.24) is 20.1 Å². The first-order valence-corrected chi connectivity index (χ1v) is 10.6. The molecule has 1 fully saturated rings. The van der Waals surface area contributed by atoms with Gasteiger partial charge in [-0.2, -0.15) is 18.3 Å². The highest BCUT2D eigenvalue weighted by molar-refractivity contribution is 5.90. The van der Waals surface area contributed by atoms with E-state index in [9.17, 15) is 27.9 Å². The second kappa shape index (κ2) is 8.84. The number of rotatable bonds is 4. The van der Waals surface area contributed by atoms with Crippen LogP contribution in [0.4, 0.5) is 29.5 Å². The Balaban J connectivity index is 1.69. The first-order chi connectivity index (χ1) is 16.0. The van der Waals surface area contributed by atoms with E-state index in [2.05, 4.69) is 20.5 Å². The SMILES string of the molecule is C[C@@H](Nc1n[nH]c(=O)c2cnc([C@@H]3CCCN(C(=O)O)C3)cc12)c1cc(N)cc(C(F)(F)F)c1. The Bertz CT molecular complexity index is 1290. The lowest BCUT2D eigenvalue weighted by Gasteiger charge is -2.30. The van der Waals surface area contributed by atoms with Crippen molar-refractivity contribution in [3.63, 3.8) is 0 Å². The predicted octanol–water partition coefficient (Wildman–Crippen LogP) is 3.95. The van der Waals surface area contributed by atoms with Crippen LogP contribution in [0.5, 0.6) is 0 Å². The Kier molecular flexibility index (Phi) is 6.07. The molecular weight excluding hydrogens is 453 g/mol. The molecule has 0 unspecified atom stereocenters. The molecule has 1 aromatic carbocycles. The monoisotopic (exact) mass is 476 g/mol. The molecule has 34 heavy (non-hydrogen) atoms. The Morgan fingerprint density at radius 2 is 2.06 bits per heavy atom. The molecule has 2 aromatic heterocycles. The van der Waals surface area contributed by atoms with E-state index >= 15 is 0 Å². The van der Waals surface area contributed by atoms with Crippen LogP contribution in [0.3, 0.4) is 0 Å². The van der Waals surface area contributed by atoms with E-state index in [1.807, 2.05) is 0 Å². The van der Waals surface area contributed by atoms with Crippen molar-refractivity contribution in [3.8, 4) is 0 Å². The van der Waals surface area contributed by atoms with Gasteiger partial charge in [0.2, 0.25) is 0 Å². The number of carboxylic acid groups (broad SMARTS) is 1. The molecule has 180 valence electrons. The van der Waals surface area contributed by atoms with Crippen LogP contribution in [0.15, 0.2) is 35.3 Å². The number of benzene rings is 1. The molecule has 5 N–H and O–H groups in total. The summed E-state index contributed by atoms with van der Waals surface area (Å²) in [6, 6.07) is 4.38. The number of piperidine rings is 1. The number of hydrogen-bond donors (Lipinski definition) is 4. The second-order valence-corrected chi connectivity index (χ2v) is 8.38. The number of aromatic amines is 1. The van der Waals surface area contributed by atoms with Crippen LogP contribution in [-0.4, -0.2) is 44.4 Å². The van der Waals surface area contributed by atoms with E-state index in [1.165, 1.54) is 17.2 Å². The summed E-state index contributed by atoms with van der Waals surface area (Å²) in [5.41, 5.74) is 5.25. The van der Waals surface area contributed by atoms with Crippen molar-refractivity contribution in [1.29, 1.82) is 0 Å². The minimum atomic E-state index is -4.54. The van der Waals surface area contributed by atoms with Gasteiger partial charge in [-0.15, -0.1) is 0 Å². The summed E-state index contributed by atoms with van der Waals surface area (Å²) >= 11 is 0. The predicted molar refractivity (Wildman–Crippen MR) is 120 cm³/mol. The fraction of sp³-hybridized carbons (Fsp3) is 0.364. The Morgan fingerprint density at radius 3 is 2.76 bits per heavy atom. The molecule has 3 heterocycles. The average Bonchev–Trinajstić information content (AvgIpc) is 2.79. The van der Waals surface area contributed by atoms with Crippen molar-refractivity contribution >= 4 is 28.4 Å². The summed E-state index contributed by atoms with van der Waals surface area (Å²) in [6.45, 7) is 2.39. The third-order valence-corrected chi connectivity index (χ3v) is 5.96. The maximum absolute atomic E-state index is 13.2. The second-order valence-electron chi connectivity index (χ2n) is 8.38. The van der Waals surface area contributed by atoms with Crippen molar-refractivity contribution in [3.05, 3.63) is 57.6 Å². The molecule has 12 heteroatoms. The number of halogens is 3. The van der Waals surface area contributed by atoms with E-state index in [4.69, 9.17) is 5.73 Å². The van der Waals surface area contributed by atoms with Crippen LogP contribution in [-0.2, 0) is 6.18 Å². The van der Waals surface area contributed by atoms with E-state index in [1.54, 1.807) is 13.0 Å². The number of aromatic nitrogens is 3. The number of amides is 1.